The summed E-state index contributed by atoms with van der Waals surface area (Å²) >= 11 is 0. The van der Waals surface area contributed by atoms with Crippen LogP contribution in [0.2, 0.25) is 0 Å². The van der Waals surface area contributed by atoms with Gasteiger partial charge >= 0.3 is 11.9 Å². The fourth-order valence-electron chi connectivity index (χ4n) is 2.38. The fourth-order valence-corrected chi connectivity index (χ4v) is 2.38. The summed E-state index contributed by atoms with van der Waals surface area (Å²) in [4.78, 5) is 27.8. The number of rotatable bonds is 9. The normalized spacial score (nSPS) is 10.4. The summed E-state index contributed by atoms with van der Waals surface area (Å²) in [6.07, 6.45) is -0.703. The van der Waals surface area contributed by atoms with Crippen molar-refractivity contribution in [1.82, 2.24) is 5.06 Å². The summed E-state index contributed by atoms with van der Waals surface area (Å²) in [5, 5.41) is 10.2. The van der Waals surface area contributed by atoms with E-state index in [1.807, 2.05) is 30.3 Å². The topological polar surface area (TPSA) is 85.3 Å². The molecule has 0 amide bonds. The van der Waals surface area contributed by atoms with Crippen LogP contribution in [0.5, 0.6) is 11.5 Å². The van der Waals surface area contributed by atoms with Gasteiger partial charge in [-0.2, -0.15) is 0 Å². The molecule has 2 aromatic carbocycles. The first-order valence-corrected chi connectivity index (χ1v) is 7.94. The zero-order valence-electron chi connectivity index (χ0n) is 14.7. The Labute approximate surface area is 151 Å². The molecule has 0 unspecified atom stereocenters. The maximum absolute atomic E-state index is 11.8. The Morgan fingerprint density at radius 3 is 2.35 bits per heavy atom. The van der Waals surface area contributed by atoms with E-state index in [1.54, 1.807) is 25.3 Å². The highest BCUT2D eigenvalue weighted by atomic mass is 16.7. The van der Waals surface area contributed by atoms with Gasteiger partial charge in [-0.15, -0.1) is 5.06 Å². The lowest BCUT2D eigenvalue weighted by Crippen LogP contribution is -2.28. The van der Waals surface area contributed by atoms with Crippen molar-refractivity contribution in [3.8, 4) is 11.5 Å². The van der Waals surface area contributed by atoms with Gasteiger partial charge in [0.15, 0.2) is 0 Å². The van der Waals surface area contributed by atoms with Gasteiger partial charge in [0, 0.05) is 11.6 Å². The molecule has 0 aliphatic heterocycles. The highest BCUT2D eigenvalue weighted by Gasteiger charge is 2.18. The summed E-state index contributed by atoms with van der Waals surface area (Å²) < 4.78 is 10.5. The molecule has 0 aromatic heterocycles. The van der Waals surface area contributed by atoms with Crippen LogP contribution in [0.1, 0.15) is 17.5 Å². The third-order valence-electron chi connectivity index (χ3n) is 3.57. The third-order valence-corrected chi connectivity index (χ3v) is 3.57. The average molecular weight is 359 g/mol. The van der Waals surface area contributed by atoms with Gasteiger partial charge in [-0.25, -0.2) is 4.79 Å². The van der Waals surface area contributed by atoms with Crippen LogP contribution in [-0.4, -0.2) is 36.3 Å². The van der Waals surface area contributed by atoms with E-state index < -0.39 is 18.4 Å². The van der Waals surface area contributed by atoms with Crippen molar-refractivity contribution >= 4 is 11.9 Å². The Kier molecular flexibility index (Phi) is 6.99. The number of aliphatic carboxylic acids is 1. The van der Waals surface area contributed by atoms with Crippen molar-refractivity contribution in [2.75, 3.05) is 14.2 Å². The molecule has 138 valence electrons. The van der Waals surface area contributed by atoms with Gasteiger partial charge < -0.3 is 19.4 Å². The summed E-state index contributed by atoms with van der Waals surface area (Å²) in [6.45, 7) is 0.537. The second-order valence-corrected chi connectivity index (χ2v) is 5.50. The standard InChI is InChI=1S/C19H21NO6/c1-24-16-9-8-15(17(10-16)25-2)13-20(26-19(23)11-18(21)22)12-14-6-4-3-5-7-14/h3-10H,11-13H2,1-2H3,(H,21,22). The first-order valence-electron chi connectivity index (χ1n) is 7.94. The molecule has 7 heteroatoms. The monoisotopic (exact) mass is 359 g/mol. The van der Waals surface area contributed by atoms with E-state index in [2.05, 4.69) is 0 Å². The maximum Gasteiger partial charge on any atom is 0.336 e. The summed E-state index contributed by atoms with van der Waals surface area (Å²) in [5.41, 5.74) is 1.69. The molecule has 1 N–H and O–H groups in total. The van der Waals surface area contributed by atoms with Crippen LogP contribution in [0.25, 0.3) is 0 Å². The van der Waals surface area contributed by atoms with E-state index >= 15 is 0 Å². The van der Waals surface area contributed by atoms with Crippen LogP contribution in [0.15, 0.2) is 48.5 Å². The molecule has 0 saturated heterocycles. The summed E-state index contributed by atoms with van der Waals surface area (Å²) in [6, 6.07) is 14.7. The van der Waals surface area contributed by atoms with E-state index in [0.29, 0.717) is 18.0 Å². The number of benzene rings is 2. The minimum Gasteiger partial charge on any atom is -0.497 e. The van der Waals surface area contributed by atoms with Gasteiger partial charge in [-0.05, 0) is 11.6 Å². The van der Waals surface area contributed by atoms with Gasteiger partial charge in [0.05, 0.1) is 27.3 Å². The second kappa shape index (κ2) is 9.43. The Balaban J connectivity index is 2.20. The highest BCUT2D eigenvalue weighted by molar-refractivity contribution is 5.89. The highest BCUT2D eigenvalue weighted by Crippen LogP contribution is 2.26. The Morgan fingerprint density at radius 2 is 1.73 bits per heavy atom. The summed E-state index contributed by atoms with van der Waals surface area (Å²) in [5.74, 6) is -0.850. The van der Waals surface area contributed by atoms with Gasteiger partial charge in [-0.1, -0.05) is 36.4 Å². The molecule has 0 aliphatic rings. The fraction of sp³-hybridized carbons (Fsp3) is 0.263. The molecular formula is C19H21NO6. The first kappa shape index (κ1) is 19.3. The molecule has 0 radical (unpaired) electrons. The minimum absolute atomic E-state index is 0.230. The molecule has 2 aromatic rings. The quantitative estimate of drug-likeness (QED) is 0.544. The molecule has 0 fully saturated rings. The number of nitrogens with zero attached hydrogens (tertiary/aromatic N) is 1. The lowest BCUT2D eigenvalue weighted by molar-refractivity contribution is -0.198. The molecule has 0 aliphatic carbocycles. The van der Waals surface area contributed by atoms with Crippen LogP contribution in [0.4, 0.5) is 0 Å². The molecule has 26 heavy (non-hydrogen) atoms. The minimum atomic E-state index is -1.24. The lowest BCUT2D eigenvalue weighted by Gasteiger charge is -2.22. The second-order valence-electron chi connectivity index (χ2n) is 5.50. The lowest BCUT2D eigenvalue weighted by atomic mass is 10.1. The average Bonchev–Trinajstić information content (AvgIpc) is 2.62. The van der Waals surface area contributed by atoms with Crippen molar-refractivity contribution < 1.29 is 29.0 Å². The van der Waals surface area contributed by atoms with Gasteiger partial charge in [0.25, 0.3) is 0 Å². The Hall–Kier alpha value is -3.06. The van der Waals surface area contributed by atoms with Crippen molar-refractivity contribution in [3.05, 3.63) is 59.7 Å². The van der Waals surface area contributed by atoms with Crippen LogP contribution < -0.4 is 9.47 Å². The van der Waals surface area contributed by atoms with E-state index in [0.717, 1.165) is 11.1 Å². The number of hydrogen-bond donors (Lipinski definition) is 1. The van der Waals surface area contributed by atoms with Crippen molar-refractivity contribution in [2.45, 2.75) is 19.5 Å². The van der Waals surface area contributed by atoms with Gasteiger partial charge in [0.2, 0.25) is 0 Å². The first-order chi connectivity index (χ1) is 12.5. The number of carbonyl (C=O) groups is 2. The molecule has 7 nitrogen and oxygen atoms in total. The third kappa shape index (κ3) is 5.78. The van der Waals surface area contributed by atoms with Crippen molar-refractivity contribution in [2.24, 2.45) is 0 Å². The Morgan fingerprint density at radius 1 is 1.00 bits per heavy atom. The predicted octanol–water partition coefficient (Wildman–Crippen LogP) is 2.64. The zero-order valence-corrected chi connectivity index (χ0v) is 14.7. The SMILES string of the molecule is COc1ccc(CN(Cc2ccccc2)OC(=O)CC(=O)O)c(OC)c1. The number of carbonyl (C=O) groups excluding carboxylic acids is 1. The van der Waals surface area contributed by atoms with Crippen LogP contribution in [0.3, 0.4) is 0 Å². The van der Waals surface area contributed by atoms with E-state index in [9.17, 15) is 9.59 Å². The number of carboxylic acid groups (broad SMARTS) is 1. The molecule has 2 rings (SSSR count). The number of hydrogen-bond acceptors (Lipinski definition) is 6. The summed E-state index contributed by atoms with van der Waals surface area (Å²) in [7, 11) is 3.10. The largest absolute Gasteiger partial charge is 0.497 e. The van der Waals surface area contributed by atoms with Gasteiger partial charge in [-0.3, -0.25) is 4.79 Å². The van der Waals surface area contributed by atoms with Gasteiger partial charge in [0.1, 0.15) is 17.9 Å². The van der Waals surface area contributed by atoms with Crippen LogP contribution >= 0.6 is 0 Å². The van der Waals surface area contributed by atoms with Crippen LogP contribution in [-0.2, 0) is 27.5 Å². The van der Waals surface area contributed by atoms with Crippen LogP contribution in [0, 0.1) is 0 Å². The molecule has 0 atom stereocenters. The number of methoxy groups -OCH3 is 2. The smallest absolute Gasteiger partial charge is 0.336 e. The predicted molar refractivity (Wildman–Crippen MR) is 93.6 cm³/mol. The Bertz CT molecular complexity index is 747. The van der Waals surface area contributed by atoms with Crippen molar-refractivity contribution in [3.63, 3.8) is 0 Å². The number of ether oxygens (including phenoxy) is 2. The molecule has 0 saturated carbocycles. The zero-order chi connectivity index (χ0) is 18.9. The molecule has 0 spiro atoms. The molecule has 0 bridgehead atoms. The van der Waals surface area contributed by atoms with E-state index in [4.69, 9.17) is 19.4 Å². The maximum atomic E-state index is 11.8. The number of carboxylic acids is 1. The van der Waals surface area contributed by atoms with Crippen molar-refractivity contribution in [1.29, 1.82) is 0 Å². The molecule has 0 heterocycles. The molecular weight excluding hydrogens is 338 g/mol. The van der Waals surface area contributed by atoms with E-state index in [-0.39, 0.29) is 6.54 Å². The van der Waals surface area contributed by atoms with E-state index in [1.165, 1.54) is 12.2 Å². The number of hydroxylamine groups is 2.